The summed E-state index contributed by atoms with van der Waals surface area (Å²) in [4.78, 5) is 25.6. The Hall–Kier alpha value is -4.39. The molecule has 2 N–H and O–H groups in total. The third-order valence-electron chi connectivity index (χ3n) is 4.59. The molecule has 7 heteroatoms. The Morgan fingerprint density at radius 1 is 0.903 bits per heavy atom. The van der Waals surface area contributed by atoms with Crippen LogP contribution in [-0.4, -0.2) is 22.3 Å². The molecule has 0 unspecified atom stereocenters. The van der Waals surface area contributed by atoms with Crippen molar-refractivity contribution >= 4 is 12.1 Å². The number of benzene rings is 3. The first-order valence-corrected chi connectivity index (χ1v) is 9.46. The lowest BCUT2D eigenvalue weighted by Crippen LogP contribution is -2.28. The van der Waals surface area contributed by atoms with Crippen molar-refractivity contribution in [3.63, 3.8) is 0 Å². The fourth-order valence-corrected chi connectivity index (χ4v) is 3.15. The molecule has 3 aromatic carbocycles. The van der Waals surface area contributed by atoms with Gasteiger partial charge in [-0.1, -0.05) is 78.9 Å². The molecule has 6 nitrogen and oxygen atoms in total. The SMILES string of the molecule is O=C(NN=Cc1ccccc1F)c1c(-c2ccccc2)c(-c2ccccc2)n[nH]c1=O. The lowest BCUT2D eigenvalue weighted by Gasteiger charge is -2.12. The molecular formula is C24H17FN4O2. The third kappa shape index (κ3) is 4.30. The average Bonchev–Trinajstić information content (AvgIpc) is 2.81. The van der Waals surface area contributed by atoms with E-state index in [2.05, 4.69) is 20.7 Å². The summed E-state index contributed by atoms with van der Waals surface area (Å²) in [5.41, 5.74) is 3.97. The van der Waals surface area contributed by atoms with Gasteiger partial charge in [0, 0.05) is 16.7 Å². The summed E-state index contributed by atoms with van der Waals surface area (Å²) in [5.74, 6) is -1.20. The molecule has 4 aromatic rings. The number of nitrogens with zero attached hydrogens (tertiary/aromatic N) is 2. The van der Waals surface area contributed by atoms with Crippen LogP contribution in [0.3, 0.4) is 0 Å². The van der Waals surface area contributed by atoms with Crippen molar-refractivity contribution in [3.05, 3.63) is 112 Å². The largest absolute Gasteiger partial charge is 0.277 e. The van der Waals surface area contributed by atoms with Gasteiger partial charge in [-0.15, -0.1) is 0 Å². The van der Waals surface area contributed by atoms with E-state index in [1.54, 1.807) is 24.3 Å². The van der Waals surface area contributed by atoms with Gasteiger partial charge in [0.05, 0.1) is 11.9 Å². The lowest BCUT2D eigenvalue weighted by atomic mass is 9.95. The minimum Gasteiger partial charge on any atom is -0.267 e. The predicted octanol–water partition coefficient (Wildman–Crippen LogP) is 4.01. The molecule has 0 bridgehead atoms. The van der Waals surface area contributed by atoms with Crippen LogP contribution in [0.25, 0.3) is 22.4 Å². The molecule has 0 fully saturated rings. The third-order valence-corrected chi connectivity index (χ3v) is 4.59. The van der Waals surface area contributed by atoms with Gasteiger partial charge in [-0.05, 0) is 11.6 Å². The number of halogens is 1. The number of hydrazone groups is 1. The van der Waals surface area contributed by atoms with Gasteiger partial charge in [0.2, 0.25) is 0 Å². The summed E-state index contributed by atoms with van der Waals surface area (Å²) in [6.45, 7) is 0. The van der Waals surface area contributed by atoms with E-state index in [9.17, 15) is 14.0 Å². The molecule has 0 aliphatic carbocycles. The summed E-state index contributed by atoms with van der Waals surface area (Å²) < 4.78 is 13.8. The number of rotatable bonds is 5. The van der Waals surface area contributed by atoms with Gasteiger partial charge in [0.15, 0.2) is 0 Å². The molecule has 31 heavy (non-hydrogen) atoms. The van der Waals surface area contributed by atoms with Crippen LogP contribution < -0.4 is 11.0 Å². The van der Waals surface area contributed by atoms with Crippen LogP contribution in [-0.2, 0) is 0 Å². The van der Waals surface area contributed by atoms with E-state index in [-0.39, 0.29) is 11.1 Å². The first-order chi connectivity index (χ1) is 15.1. The molecule has 0 atom stereocenters. The minimum atomic E-state index is -0.729. The van der Waals surface area contributed by atoms with E-state index in [4.69, 9.17) is 0 Å². The van der Waals surface area contributed by atoms with Crippen LogP contribution in [0.4, 0.5) is 4.39 Å². The zero-order valence-corrected chi connectivity index (χ0v) is 16.2. The maximum atomic E-state index is 13.8. The van der Waals surface area contributed by atoms with Crippen molar-refractivity contribution in [2.24, 2.45) is 5.10 Å². The molecule has 0 saturated carbocycles. The molecule has 1 heterocycles. The molecule has 1 aromatic heterocycles. The van der Waals surface area contributed by atoms with Crippen LogP contribution in [0.5, 0.6) is 0 Å². The van der Waals surface area contributed by atoms with Crippen LogP contribution in [0.15, 0.2) is 94.8 Å². The molecule has 0 saturated heterocycles. The quantitative estimate of drug-likeness (QED) is 0.384. The van der Waals surface area contributed by atoms with E-state index >= 15 is 0 Å². The Morgan fingerprint density at radius 2 is 1.52 bits per heavy atom. The van der Waals surface area contributed by atoms with Gasteiger partial charge in [-0.3, -0.25) is 9.59 Å². The smallest absolute Gasteiger partial charge is 0.267 e. The van der Waals surface area contributed by atoms with Crippen molar-refractivity contribution < 1.29 is 9.18 Å². The fourth-order valence-electron chi connectivity index (χ4n) is 3.15. The van der Waals surface area contributed by atoms with E-state index < -0.39 is 17.3 Å². The second kappa shape index (κ2) is 8.96. The molecule has 0 aliphatic heterocycles. The first kappa shape index (κ1) is 19.9. The Balaban J connectivity index is 1.79. The number of hydrogen-bond acceptors (Lipinski definition) is 4. The van der Waals surface area contributed by atoms with Crippen LogP contribution >= 0.6 is 0 Å². The number of aromatic amines is 1. The number of H-pyrrole nitrogens is 1. The number of amides is 1. The first-order valence-electron chi connectivity index (χ1n) is 9.46. The molecule has 0 spiro atoms. The van der Waals surface area contributed by atoms with Crippen LogP contribution in [0, 0.1) is 5.82 Å². The molecular weight excluding hydrogens is 395 g/mol. The van der Waals surface area contributed by atoms with Gasteiger partial charge in [-0.25, -0.2) is 14.9 Å². The zero-order valence-electron chi connectivity index (χ0n) is 16.2. The summed E-state index contributed by atoms with van der Waals surface area (Å²) in [6.07, 6.45) is 1.18. The second-order valence-corrected chi connectivity index (χ2v) is 6.60. The van der Waals surface area contributed by atoms with Crippen molar-refractivity contribution in [1.82, 2.24) is 15.6 Å². The van der Waals surface area contributed by atoms with E-state index in [1.807, 2.05) is 48.5 Å². The van der Waals surface area contributed by atoms with Crippen molar-refractivity contribution in [1.29, 1.82) is 0 Å². The maximum Gasteiger partial charge on any atom is 0.277 e. The molecule has 4 rings (SSSR count). The van der Waals surface area contributed by atoms with Crippen LogP contribution in [0.2, 0.25) is 0 Å². The number of hydrogen-bond donors (Lipinski definition) is 2. The van der Waals surface area contributed by atoms with E-state index in [0.29, 0.717) is 16.8 Å². The van der Waals surface area contributed by atoms with Crippen molar-refractivity contribution in [3.8, 4) is 22.4 Å². The number of aromatic nitrogens is 2. The average molecular weight is 412 g/mol. The normalized spacial score (nSPS) is 10.9. The standard InChI is InChI=1S/C24H17FN4O2/c25-19-14-8-7-13-18(19)15-26-28-23(30)21-20(16-9-3-1-4-10-16)22(27-29-24(21)31)17-11-5-2-6-12-17/h1-15H,(H,28,30)(H,29,31). The van der Waals surface area contributed by atoms with E-state index in [0.717, 1.165) is 5.56 Å². The lowest BCUT2D eigenvalue weighted by molar-refractivity contribution is 0.0954. The van der Waals surface area contributed by atoms with Gasteiger partial charge >= 0.3 is 0 Å². The Labute approximate surface area is 177 Å². The van der Waals surface area contributed by atoms with Crippen molar-refractivity contribution in [2.45, 2.75) is 0 Å². The van der Waals surface area contributed by atoms with Gasteiger partial charge in [0.25, 0.3) is 11.5 Å². The Morgan fingerprint density at radius 3 is 2.19 bits per heavy atom. The topological polar surface area (TPSA) is 87.2 Å². The van der Waals surface area contributed by atoms with Gasteiger partial charge in [-0.2, -0.15) is 10.2 Å². The van der Waals surface area contributed by atoms with Crippen molar-refractivity contribution in [2.75, 3.05) is 0 Å². The molecule has 0 radical (unpaired) electrons. The maximum absolute atomic E-state index is 13.8. The highest BCUT2D eigenvalue weighted by molar-refractivity contribution is 6.03. The Bertz CT molecular complexity index is 1300. The second-order valence-electron chi connectivity index (χ2n) is 6.60. The molecule has 0 aliphatic rings. The predicted molar refractivity (Wildman–Crippen MR) is 117 cm³/mol. The minimum absolute atomic E-state index is 0.134. The van der Waals surface area contributed by atoms with Gasteiger partial charge < -0.3 is 0 Å². The summed E-state index contributed by atoms with van der Waals surface area (Å²) in [6, 6.07) is 24.3. The van der Waals surface area contributed by atoms with Crippen LogP contribution in [0.1, 0.15) is 15.9 Å². The summed E-state index contributed by atoms with van der Waals surface area (Å²) in [5, 5.41) is 10.4. The highest BCUT2D eigenvalue weighted by Gasteiger charge is 2.22. The molecule has 1 amide bonds. The zero-order chi connectivity index (χ0) is 21.6. The monoisotopic (exact) mass is 412 g/mol. The fraction of sp³-hybridized carbons (Fsp3) is 0. The Kier molecular flexibility index (Phi) is 5.75. The summed E-state index contributed by atoms with van der Waals surface area (Å²) in [7, 11) is 0. The number of carbonyl (C=O) groups excluding carboxylic acids is 1. The van der Waals surface area contributed by atoms with Gasteiger partial charge in [0.1, 0.15) is 11.4 Å². The highest BCUT2D eigenvalue weighted by atomic mass is 19.1. The highest BCUT2D eigenvalue weighted by Crippen LogP contribution is 2.31. The number of nitrogens with one attached hydrogen (secondary N) is 2. The summed E-state index contributed by atoms with van der Waals surface area (Å²) >= 11 is 0. The molecule has 152 valence electrons. The number of carbonyl (C=O) groups is 1. The van der Waals surface area contributed by atoms with E-state index in [1.165, 1.54) is 18.3 Å².